The van der Waals surface area contributed by atoms with E-state index in [-0.39, 0.29) is 94.0 Å². The number of ether oxygens (including phenoxy) is 3. The van der Waals surface area contributed by atoms with Crippen LogP contribution in [0.3, 0.4) is 0 Å². The highest BCUT2D eigenvalue weighted by molar-refractivity contribution is 7.99. The van der Waals surface area contributed by atoms with Gasteiger partial charge in [-0.1, -0.05) is 111 Å². The summed E-state index contributed by atoms with van der Waals surface area (Å²) in [5, 5.41) is 27.2. The number of likely N-dealkylation sites (tertiary alicyclic amines) is 1. The van der Waals surface area contributed by atoms with E-state index in [2.05, 4.69) is 45.1 Å². The fraction of sp³-hybridized carbons (Fsp3) is 0.594. The average molecular weight is 1400 g/mol. The molecule has 0 spiro atoms. The van der Waals surface area contributed by atoms with Gasteiger partial charge in [0.05, 0.1) is 81.1 Å². The number of anilines is 1. The summed E-state index contributed by atoms with van der Waals surface area (Å²) >= 11 is 1.13. The number of primary amides is 1. The number of urea groups is 1. The van der Waals surface area contributed by atoms with Crippen molar-refractivity contribution in [2.45, 2.75) is 162 Å². The number of carbonyl (C=O) groups excluding carboxylic acids is 12. The second-order valence-corrected chi connectivity index (χ2v) is 26.8. The molecule has 3 unspecified atom stereocenters. The lowest BCUT2D eigenvalue weighted by Crippen LogP contribution is -2.59. The van der Waals surface area contributed by atoms with Crippen LogP contribution in [0.25, 0.3) is 0 Å². The summed E-state index contributed by atoms with van der Waals surface area (Å²) in [6.45, 7) is 20.9. The van der Waals surface area contributed by atoms with Crippen molar-refractivity contribution in [1.82, 2.24) is 56.0 Å². The summed E-state index contributed by atoms with van der Waals surface area (Å²) in [5.74, 6) is -6.42. The number of hydrogen-bond donors (Lipinski definition) is 8. The van der Waals surface area contributed by atoms with Gasteiger partial charge in [-0.2, -0.15) is 11.8 Å². The van der Waals surface area contributed by atoms with E-state index in [9.17, 15) is 62.6 Å². The van der Waals surface area contributed by atoms with Crippen LogP contribution in [0.4, 0.5) is 15.3 Å². The number of methoxy groups -OCH3 is 2. The molecule has 11 atom stereocenters. The molecule has 0 saturated carbocycles. The molecule has 2 aromatic rings. The Hall–Kier alpha value is -8.61. The molecule has 13 amide bonds. The molecule has 2 aromatic carbocycles. The molecule has 2 heterocycles. The first kappa shape index (κ1) is 82.8. The first-order valence-corrected chi connectivity index (χ1v) is 34.6. The Kier molecular flexibility index (Phi) is 34.4. The van der Waals surface area contributed by atoms with Crippen LogP contribution in [0, 0.1) is 23.7 Å². The van der Waals surface area contributed by atoms with Gasteiger partial charge in [0.15, 0.2) is 0 Å². The topological polar surface area (TPSA) is 370 Å². The number of benzene rings is 2. The Morgan fingerprint density at radius 3 is 1.94 bits per heavy atom. The van der Waals surface area contributed by atoms with Crippen LogP contribution in [-0.2, 0) is 68.8 Å². The minimum atomic E-state index is -1.16. The summed E-state index contributed by atoms with van der Waals surface area (Å²) in [6.07, 6.45) is 0.982. The molecule has 2 aliphatic heterocycles. The van der Waals surface area contributed by atoms with Crippen molar-refractivity contribution < 1.29 is 76.9 Å². The van der Waals surface area contributed by atoms with Crippen molar-refractivity contribution in [3.05, 3.63) is 91.0 Å². The van der Waals surface area contributed by atoms with Gasteiger partial charge in [-0.25, -0.2) is 9.59 Å². The monoisotopic (exact) mass is 1400 g/mol. The van der Waals surface area contributed by atoms with E-state index in [1.165, 1.54) is 40.9 Å². The third kappa shape index (κ3) is 25.0. The molecule has 2 fully saturated rings. The Balaban J connectivity index is 1.32. The van der Waals surface area contributed by atoms with Crippen molar-refractivity contribution in [2.24, 2.45) is 29.4 Å². The van der Waals surface area contributed by atoms with Gasteiger partial charge >= 0.3 is 12.1 Å². The summed E-state index contributed by atoms with van der Waals surface area (Å²) in [7, 11) is 5.98. The zero-order chi connectivity index (χ0) is 73.8. The van der Waals surface area contributed by atoms with Crippen molar-refractivity contribution in [2.75, 3.05) is 84.8 Å². The normalized spacial score (nSPS) is 16.8. The number of hydrogen-bond acceptors (Lipinski definition) is 17. The van der Waals surface area contributed by atoms with Gasteiger partial charge in [0.1, 0.15) is 24.7 Å². The summed E-state index contributed by atoms with van der Waals surface area (Å²) in [5.41, 5.74) is 6.73. The van der Waals surface area contributed by atoms with Crippen LogP contribution in [0.15, 0.2) is 79.9 Å². The molecule has 30 heteroatoms. The van der Waals surface area contributed by atoms with Crippen LogP contribution in [0.5, 0.6) is 0 Å². The molecule has 4 rings (SSSR count). The Labute approximate surface area is 585 Å². The highest BCUT2D eigenvalue weighted by Gasteiger charge is 2.43. The third-order valence-corrected chi connectivity index (χ3v) is 18.8. The number of aliphatic hydroxyl groups excluding tert-OH is 1. The molecule has 9 N–H and O–H groups in total. The van der Waals surface area contributed by atoms with Gasteiger partial charge in [0.25, 0.3) is 0 Å². The SMILES string of the molecule is C=CC(=O)N1CN(C(=O)C=C)CN(C(=O)CCSCC(=O)NC(C(=O)NC(CCCNC(N)=O)C(=O)Nc2ccc(COC(=O)N(C)C(C(=O)NCC(=O)N(C)[C@@H]([C@@H](C)CC)[C@@H](CC(=O)N3CCC[C@H]3[C@H](OC)[C@@H](C)C(=O)N[C@H](C)[C@@H](O)c3ccccc3)OC)C(C)C)cc2)C(C)C)C1. The lowest BCUT2D eigenvalue weighted by atomic mass is 9.90. The van der Waals surface area contributed by atoms with Crippen molar-refractivity contribution in [3.8, 4) is 0 Å². The van der Waals surface area contributed by atoms with E-state index in [4.69, 9.17) is 19.9 Å². The number of aliphatic hydroxyl groups is 1. The smallest absolute Gasteiger partial charge is 0.410 e. The average Bonchev–Trinajstić information content (AvgIpc) is 0.904. The van der Waals surface area contributed by atoms with Crippen LogP contribution < -0.4 is 37.6 Å². The van der Waals surface area contributed by atoms with Crippen molar-refractivity contribution >= 4 is 88.6 Å². The molecular weight excluding hydrogens is 1300 g/mol. The fourth-order valence-corrected chi connectivity index (χ4v) is 12.8. The number of nitrogens with one attached hydrogen (secondary N) is 6. The van der Waals surface area contributed by atoms with Gasteiger partial charge in [0.2, 0.25) is 59.1 Å². The predicted octanol–water partition coefficient (Wildman–Crippen LogP) is 3.43. The predicted molar refractivity (Wildman–Crippen MR) is 373 cm³/mol. The quantitative estimate of drug-likeness (QED) is 0.0353. The maximum absolute atomic E-state index is 14.3. The minimum Gasteiger partial charge on any atom is -0.445 e. The number of likely N-dealkylation sites (N-methyl/N-ethyl adjacent to an activating group) is 2. The first-order valence-electron chi connectivity index (χ1n) is 33.5. The van der Waals surface area contributed by atoms with Gasteiger partial charge in [0, 0.05) is 59.3 Å². The fourth-order valence-electron chi connectivity index (χ4n) is 12.0. The van der Waals surface area contributed by atoms with Crippen LogP contribution in [0.1, 0.15) is 118 Å². The van der Waals surface area contributed by atoms with E-state index in [0.29, 0.717) is 42.6 Å². The van der Waals surface area contributed by atoms with Crippen molar-refractivity contribution in [3.63, 3.8) is 0 Å². The molecule has 0 radical (unpaired) electrons. The maximum atomic E-state index is 14.3. The molecule has 99 heavy (non-hydrogen) atoms. The number of amides is 13. The molecule has 29 nitrogen and oxygen atoms in total. The number of rotatable bonds is 38. The van der Waals surface area contributed by atoms with E-state index in [0.717, 1.165) is 28.8 Å². The second-order valence-electron chi connectivity index (χ2n) is 25.7. The summed E-state index contributed by atoms with van der Waals surface area (Å²) < 4.78 is 17.6. The molecule has 0 aliphatic carbocycles. The molecule has 548 valence electrons. The zero-order valence-electron chi connectivity index (χ0n) is 59.3. The van der Waals surface area contributed by atoms with Gasteiger partial charge in [-0.15, -0.1) is 0 Å². The molecule has 0 aromatic heterocycles. The number of carbonyl (C=O) groups is 12. The number of nitrogens with two attached hydrogens (primary N) is 1. The Morgan fingerprint density at radius 1 is 0.747 bits per heavy atom. The highest BCUT2D eigenvalue weighted by Crippen LogP contribution is 2.30. The van der Waals surface area contributed by atoms with Crippen LogP contribution in [-0.4, -0.2) is 234 Å². The molecule has 2 aliphatic rings. The van der Waals surface area contributed by atoms with Crippen LogP contribution in [0.2, 0.25) is 0 Å². The Bertz CT molecular complexity index is 3060. The highest BCUT2D eigenvalue weighted by atomic mass is 32.2. The Morgan fingerprint density at radius 2 is 1.37 bits per heavy atom. The van der Waals surface area contributed by atoms with Crippen LogP contribution >= 0.6 is 11.8 Å². The summed E-state index contributed by atoms with van der Waals surface area (Å²) in [4.78, 5) is 168. The third-order valence-electron chi connectivity index (χ3n) is 17.8. The van der Waals surface area contributed by atoms with E-state index >= 15 is 0 Å². The molecular formula is C69H105N13O16S. The van der Waals surface area contributed by atoms with Gasteiger partial charge < -0.3 is 81.5 Å². The molecule has 2 saturated heterocycles. The first-order chi connectivity index (χ1) is 46.9. The lowest BCUT2D eigenvalue weighted by Gasteiger charge is -2.41. The van der Waals surface area contributed by atoms with Gasteiger partial charge in [-0.3, -0.25) is 52.8 Å². The maximum Gasteiger partial charge on any atom is 0.410 e. The van der Waals surface area contributed by atoms with Gasteiger partial charge in [-0.05, 0) is 85.8 Å². The second kappa shape index (κ2) is 41.1. The van der Waals surface area contributed by atoms with Crippen molar-refractivity contribution in [1.29, 1.82) is 0 Å². The molecule has 0 bridgehead atoms. The van der Waals surface area contributed by atoms with E-state index in [1.54, 1.807) is 89.9 Å². The zero-order valence-corrected chi connectivity index (χ0v) is 60.1. The minimum absolute atomic E-state index is 0.0241. The number of thioether (sulfide) groups is 1. The van der Waals surface area contributed by atoms with E-state index < -0.39 is 132 Å². The van der Waals surface area contributed by atoms with E-state index in [1.807, 2.05) is 32.0 Å². The lowest BCUT2D eigenvalue weighted by molar-refractivity contribution is -0.154. The largest absolute Gasteiger partial charge is 0.445 e. The summed E-state index contributed by atoms with van der Waals surface area (Å²) in [6, 6.07) is 9.56. The number of nitrogens with zero attached hydrogens (tertiary/aromatic N) is 6. The standard InChI is InChI=1S/C69H105N13O16S/c1-15-44(8)61(52(96-13)35-57(87)82-33-22-26-51(82)63(97-14)45(9)64(90)73-46(10)62(89)48-23-19-18-20-24-48)77(11)58(88)36-72-67(93)60(43(6)7)78(12)69(95)98-37-47-27-29-49(30-28-47)74-65(91)50(25-21-32-71-68(70)94)75-66(92)59(42(4)5)76-53(83)38-99-34-31-56(86)81-40-79(54(84)16-2)39-80(41-81)55(85)17-3/h16-20,23-24,27-30,42-46,50-52,59-63,89H,2-3,15,21-22,25-26,31-41H2,1,4-14H3,(H,72,93)(H,73,90)(H,74,91)(H,75,92)(H,76,83)(H3,70,71,94)/t44-,45+,46+,50?,51-,52+,59?,60?,61-,62+,63+/m0/s1.